The van der Waals surface area contributed by atoms with Crippen molar-refractivity contribution in [3.63, 3.8) is 0 Å². The van der Waals surface area contributed by atoms with Gasteiger partial charge in [-0.15, -0.1) is 0 Å². The molecule has 0 aliphatic carbocycles. The molecular weight excluding hydrogens is 506 g/mol. The number of ketones is 1. The van der Waals surface area contributed by atoms with Crippen LogP contribution in [0.15, 0.2) is 103 Å². The van der Waals surface area contributed by atoms with Crippen LogP contribution in [0.25, 0.3) is 0 Å². The van der Waals surface area contributed by atoms with Crippen molar-refractivity contribution in [3.05, 3.63) is 141 Å². The number of nitrogens with zero attached hydrogens (tertiary/aromatic N) is 2. The summed E-state index contributed by atoms with van der Waals surface area (Å²) in [5, 5.41) is 14.6. The highest BCUT2D eigenvalue weighted by molar-refractivity contribution is 6.15. The summed E-state index contributed by atoms with van der Waals surface area (Å²) in [4.78, 5) is 55.6. The summed E-state index contributed by atoms with van der Waals surface area (Å²) in [6.45, 7) is 1.67. The molecule has 4 aromatic rings. The van der Waals surface area contributed by atoms with Crippen molar-refractivity contribution >= 4 is 29.0 Å². The molecule has 0 aromatic heterocycles. The van der Waals surface area contributed by atoms with Crippen molar-refractivity contribution in [2.24, 2.45) is 5.92 Å². The Kier molecular flexibility index (Phi) is 6.03. The van der Waals surface area contributed by atoms with Crippen LogP contribution in [0.2, 0.25) is 0 Å². The fraction of sp³-hybridized carbons (Fsp3) is 0.156. The maximum atomic E-state index is 14.4. The molecule has 1 N–H and O–H groups in total. The Hall–Kier alpha value is -5.11. The van der Waals surface area contributed by atoms with Crippen molar-refractivity contribution in [2.75, 3.05) is 11.9 Å². The second-order valence-electron chi connectivity index (χ2n) is 10.2. The highest BCUT2D eigenvalue weighted by Crippen LogP contribution is 2.56. The Morgan fingerprint density at radius 1 is 0.900 bits per heavy atom. The van der Waals surface area contributed by atoms with Gasteiger partial charge in [-0.1, -0.05) is 84.9 Å². The van der Waals surface area contributed by atoms with Crippen molar-refractivity contribution in [2.45, 2.75) is 18.4 Å². The van der Waals surface area contributed by atoms with Gasteiger partial charge in [-0.05, 0) is 24.6 Å². The molecule has 8 heteroatoms. The van der Waals surface area contributed by atoms with Gasteiger partial charge < -0.3 is 10.2 Å². The molecule has 2 amide bonds. The first kappa shape index (κ1) is 25.2. The van der Waals surface area contributed by atoms with Gasteiger partial charge in [-0.25, -0.2) is 0 Å². The first-order valence-corrected chi connectivity index (χ1v) is 13.0. The van der Waals surface area contributed by atoms with Crippen LogP contribution in [0.1, 0.15) is 43.3 Å². The Morgan fingerprint density at radius 3 is 2.25 bits per heavy atom. The van der Waals surface area contributed by atoms with E-state index in [0.717, 1.165) is 5.56 Å². The number of likely N-dealkylation sites (tertiary alicyclic amines) is 1. The number of hydrogen-bond acceptors (Lipinski definition) is 5. The molecule has 198 valence electrons. The maximum absolute atomic E-state index is 14.4. The summed E-state index contributed by atoms with van der Waals surface area (Å²) in [6, 6.07) is 29.5. The standard InChI is InChI=1S/C32H25N3O5/c1-20-16-17-23(18-27(20)35(39)40)30(37)34-19-24(21-10-4-2-5-11-21)28(29(36)22-12-6-3-7-13-22)32(34)25-14-8-9-15-26(25)33-31(32)38/h2-18,24,28H,19H2,1H3,(H,33,38). The summed E-state index contributed by atoms with van der Waals surface area (Å²) in [6.07, 6.45) is 0. The predicted octanol–water partition coefficient (Wildman–Crippen LogP) is 5.49. The number of nitrogens with one attached hydrogen (secondary N) is 1. The van der Waals surface area contributed by atoms with Gasteiger partial charge in [-0.3, -0.25) is 24.5 Å². The van der Waals surface area contributed by atoms with Crippen molar-refractivity contribution < 1.29 is 19.3 Å². The minimum absolute atomic E-state index is 0.0650. The van der Waals surface area contributed by atoms with Gasteiger partial charge in [0.15, 0.2) is 11.3 Å². The third-order valence-corrected chi connectivity index (χ3v) is 8.06. The lowest BCUT2D eigenvalue weighted by Crippen LogP contribution is -2.54. The summed E-state index contributed by atoms with van der Waals surface area (Å²) in [7, 11) is 0. The lowest BCUT2D eigenvalue weighted by Gasteiger charge is -2.37. The van der Waals surface area contributed by atoms with E-state index in [1.54, 1.807) is 55.5 Å². The van der Waals surface area contributed by atoms with E-state index in [4.69, 9.17) is 0 Å². The van der Waals surface area contributed by atoms with Crippen LogP contribution in [-0.2, 0) is 10.3 Å². The van der Waals surface area contributed by atoms with E-state index in [2.05, 4.69) is 5.32 Å². The third-order valence-electron chi connectivity index (χ3n) is 8.06. The topological polar surface area (TPSA) is 110 Å². The Morgan fingerprint density at radius 2 is 1.55 bits per heavy atom. The van der Waals surface area contributed by atoms with E-state index in [9.17, 15) is 24.5 Å². The van der Waals surface area contributed by atoms with Crippen LogP contribution >= 0.6 is 0 Å². The second kappa shape index (κ2) is 9.57. The molecule has 2 aliphatic heterocycles. The van der Waals surface area contributed by atoms with E-state index in [1.807, 2.05) is 36.4 Å². The molecule has 2 aliphatic rings. The fourth-order valence-electron chi connectivity index (χ4n) is 6.24. The van der Waals surface area contributed by atoms with Gasteiger partial charge in [-0.2, -0.15) is 0 Å². The lowest BCUT2D eigenvalue weighted by atomic mass is 9.70. The SMILES string of the molecule is Cc1ccc(C(=O)N2CC(c3ccccc3)C(C(=O)c3ccccc3)C23C(=O)Nc2ccccc23)cc1[N+](=O)[O-]. The summed E-state index contributed by atoms with van der Waals surface area (Å²) >= 11 is 0. The highest BCUT2D eigenvalue weighted by atomic mass is 16.6. The summed E-state index contributed by atoms with van der Waals surface area (Å²) < 4.78 is 0. The van der Waals surface area contributed by atoms with Gasteiger partial charge in [0, 0.05) is 46.5 Å². The number of nitro groups is 1. The number of amides is 2. The van der Waals surface area contributed by atoms with E-state index < -0.39 is 34.1 Å². The summed E-state index contributed by atoms with van der Waals surface area (Å²) in [5.74, 6) is -2.76. The number of carbonyl (C=O) groups is 3. The van der Waals surface area contributed by atoms with E-state index >= 15 is 0 Å². The average Bonchev–Trinajstić information content (AvgIpc) is 3.49. The van der Waals surface area contributed by atoms with Gasteiger partial charge in [0.25, 0.3) is 17.5 Å². The molecule has 3 unspecified atom stereocenters. The molecule has 8 nitrogen and oxygen atoms in total. The zero-order valence-electron chi connectivity index (χ0n) is 21.6. The Balaban J connectivity index is 1.61. The molecule has 1 saturated heterocycles. The molecule has 6 rings (SSSR count). The molecule has 3 atom stereocenters. The predicted molar refractivity (Wildman–Crippen MR) is 149 cm³/mol. The molecule has 4 aromatic carbocycles. The normalized spacial score (nSPS) is 21.2. The average molecular weight is 532 g/mol. The van der Waals surface area contributed by atoms with Crippen LogP contribution in [0.5, 0.6) is 0 Å². The number of para-hydroxylation sites is 1. The molecule has 0 saturated carbocycles. The number of carbonyl (C=O) groups excluding carboxylic acids is 3. The van der Waals surface area contributed by atoms with E-state index in [0.29, 0.717) is 22.4 Å². The number of hydrogen-bond donors (Lipinski definition) is 1. The maximum Gasteiger partial charge on any atom is 0.273 e. The van der Waals surface area contributed by atoms with Crippen LogP contribution in [0, 0.1) is 23.0 Å². The Labute approximate surface area is 230 Å². The number of anilines is 1. The number of rotatable bonds is 5. The van der Waals surface area contributed by atoms with Crippen LogP contribution in [0.3, 0.4) is 0 Å². The quantitative estimate of drug-likeness (QED) is 0.208. The first-order chi connectivity index (χ1) is 19.3. The van der Waals surface area contributed by atoms with E-state index in [1.165, 1.54) is 23.1 Å². The highest BCUT2D eigenvalue weighted by Gasteiger charge is 2.66. The lowest BCUT2D eigenvalue weighted by molar-refractivity contribution is -0.385. The largest absolute Gasteiger partial charge is 0.323 e. The zero-order chi connectivity index (χ0) is 28.0. The van der Waals surface area contributed by atoms with E-state index in [-0.39, 0.29) is 23.6 Å². The second-order valence-corrected chi connectivity index (χ2v) is 10.2. The fourth-order valence-corrected chi connectivity index (χ4v) is 6.24. The van der Waals surface area contributed by atoms with Crippen molar-refractivity contribution in [1.82, 2.24) is 4.90 Å². The van der Waals surface area contributed by atoms with Crippen molar-refractivity contribution in [1.29, 1.82) is 0 Å². The van der Waals surface area contributed by atoms with Crippen LogP contribution in [0.4, 0.5) is 11.4 Å². The molecule has 2 heterocycles. The van der Waals surface area contributed by atoms with Crippen LogP contribution in [-0.4, -0.2) is 34.0 Å². The van der Waals surface area contributed by atoms with Gasteiger partial charge in [0.2, 0.25) is 0 Å². The molecule has 0 radical (unpaired) electrons. The molecule has 1 spiro atoms. The van der Waals surface area contributed by atoms with Gasteiger partial charge >= 0.3 is 0 Å². The molecule has 1 fully saturated rings. The number of fused-ring (bicyclic) bond motifs is 2. The Bertz CT molecular complexity index is 1670. The number of benzene rings is 4. The smallest absolute Gasteiger partial charge is 0.273 e. The van der Waals surface area contributed by atoms with Gasteiger partial charge in [0.1, 0.15) is 0 Å². The van der Waals surface area contributed by atoms with Crippen molar-refractivity contribution in [3.8, 4) is 0 Å². The minimum Gasteiger partial charge on any atom is -0.323 e. The number of Topliss-reactive ketones (excluding diaryl/α,β-unsaturated/α-hetero) is 1. The first-order valence-electron chi connectivity index (χ1n) is 13.0. The number of nitro benzene ring substituents is 1. The van der Waals surface area contributed by atoms with Gasteiger partial charge in [0.05, 0.1) is 10.8 Å². The summed E-state index contributed by atoms with van der Waals surface area (Å²) in [5.41, 5.74) is 0.952. The molecular formula is C32H25N3O5. The third kappa shape index (κ3) is 3.71. The monoisotopic (exact) mass is 531 g/mol. The molecule has 40 heavy (non-hydrogen) atoms. The van der Waals surface area contributed by atoms with Crippen LogP contribution < -0.4 is 5.32 Å². The molecule has 0 bridgehead atoms. The number of aryl methyl sites for hydroxylation is 1. The zero-order valence-corrected chi connectivity index (χ0v) is 21.6. The minimum atomic E-state index is -1.67.